The number of hydrogen-bond acceptors (Lipinski definition) is 7. The third kappa shape index (κ3) is 4.01. The van der Waals surface area contributed by atoms with Crippen LogP contribution in [0, 0.1) is 11.3 Å². The molecule has 208 valence electrons. The van der Waals surface area contributed by atoms with Crippen molar-refractivity contribution in [2.45, 2.75) is 70.0 Å². The standard InChI is InChI=1S/C29H32N6O5/c36-23-5-4-22(25(37)32-23)35-26(38)19-2-1-3-21(24(19)28(35)40)30-14-17-15-31-34(16-17)18-7-12-33(13-8-18)27(39)20-6-9-29(20)10-11-29/h1-3,15-16,18,20,22,30H,4-14H2,(H,32,36,37). The number of piperidine rings is 2. The van der Waals surface area contributed by atoms with Gasteiger partial charge in [-0.3, -0.25) is 38.9 Å². The van der Waals surface area contributed by atoms with Gasteiger partial charge in [0.15, 0.2) is 0 Å². The van der Waals surface area contributed by atoms with Crippen molar-refractivity contribution in [1.29, 1.82) is 0 Å². The number of carbonyl (C=O) groups is 5. The number of likely N-dealkylation sites (tertiary alicyclic amines) is 1. The number of aromatic nitrogens is 2. The lowest BCUT2D eigenvalue weighted by molar-refractivity contribution is -0.144. The van der Waals surface area contributed by atoms with Gasteiger partial charge in [0.1, 0.15) is 6.04 Å². The second kappa shape index (κ2) is 9.28. The number of hydrogen-bond donors (Lipinski definition) is 2. The molecule has 2 atom stereocenters. The van der Waals surface area contributed by atoms with E-state index in [4.69, 9.17) is 0 Å². The Hall–Kier alpha value is -4.02. The maximum Gasteiger partial charge on any atom is 0.264 e. The number of nitrogens with one attached hydrogen (secondary N) is 2. The van der Waals surface area contributed by atoms with Crippen LogP contribution < -0.4 is 10.6 Å². The molecule has 2 saturated carbocycles. The molecule has 2 aliphatic carbocycles. The van der Waals surface area contributed by atoms with Gasteiger partial charge in [0, 0.05) is 49.4 Å². The van der Waals surface area contributed by atoms with Crippen LogP contribution in [0.1, 0.15) is 83.7 Å². The van der Waals surface area contributed by atoms with Gasteiger partial charge in [-0.2, -0.15) is 5.10 Å². The summed E-state index contributed by atoms with van der Waals surface area (Å²) in [6.45, 7) is 1.93. The van der Waals surface area contributed by atoms with Crippen LogP contribution >= 0.6 is 0 Å². The minimum atomic E-state index is -0.999. The zero-order chi connectivity index (χ0) is 27.6. The van der Waals surface area contributed by atoms with Crippen molar-refractivity contribution in [3.05, 3.63) is 47.3 Å². The molecule has 7 rings (SSSR count). The zero-order valence-electron chi connectivity index (χ0n) is 22.2. The van der Waals surface area contributed by atoms with Gasteiger partial charge in [-0.05, 0) is 62.5 Å². The predicted molar refractivity (Wildman–Crippen MR) is 142 cm³/mol. The van der Waals surface area contributed by atoms with E-state index >= 15 is 0 Å². The maximum atomic E-state index is 13.3. The highest BCUT2D eigenvalue weighted by Gasteiger charge is 2.59. The quantitative estimate of drug-likeness (QED) is 0.533. The summed E-state index contributed by atoms with van der Waals surface area (Å²) in [4.78, 5) is 66.3. The number of amides is 5. The molecular weight excluding hydrogens is 512 g/mol. The van der Waals surface area contributed by atoms with E-state index < -0.39 is 29.7 Å². The molecule has 2 aromatic rings. The summed E-state index contributed by atoms with van der Waals surface area (Å²) in [6.07, 6.45) is 10.4. The maximum absolute atomic E-state index is 13.3. The Morgan fingerprint density at radius 1 is 1.02 bits per heavy atom. The zero-order valence-corrected chi connectivity index (χ0v) is 22.2. The first-order valence-electron chi connectivity index (χ1n) is 14.2. The van der Waals surface area contributed by atoms with Crippen LogP contribution in [-0.4, -0.2) is 68.2 Å². The van der Waals surface area contributed by atoms with E-state index in [-0.39, 0.29) is 35.9 Å². The molecule has 11 nitrogen and oxygen atoms in total. The topological polar surface area (TPSA) is 134 Å². The van der Waals surface area contributed by atoms with Crippen molar-refractivity contribution in [2.75, 3.05) is 18.4 Å². The lowest BCUT2D eigenvalue weighted by Gasteiger charge is -2.41. The smallest absolute Gasteiger partial charge is 0.264 e. The van der Waals surface area contributed by atoms with Crippen LogP contribution in [-0.2, 0) is 20.9 Å². The second-order valence-corrected chi connectivity index (χ2v) is 11.9. The summed E-state index contributed by atoms with van der Waals surface area (Å²) in [6, 6.07) is 4.26. The Bertz CT molecular complexity index is 1440. The fraction of sp³-hybridized carbons (Fsp3) is 0.517. The normalized spacial score (nSPS) is 25.6. The first-order valence-corrected chi connectivity index (χ1v) is 14.2. The van der Waals surface area contributed by atoms with E-state index in [9.17, 15) is 24.0 Å². The number of fused-ring (bicyclic) bond motifs is 1. The molecule has 0 radical (unpaired) electrons. The van der Waals surface area contributed by atoms with E-state index in [0.717, 1.165) is 42.8 Å². The molecular formula is C29H32N6O5. The van der Waals surface area contributed by atoms with Gasteiger partial charge in [-0.25, -0.2) is 0 Å². The van der Waals surface area contributed by atoms with Gasteiger partial charge in [-0.15, -0.1) is 0 Å². The van der Waals surface area contributed by atoms with Crippen LogP contribution in [0.4, 0.5) is 5.69 Å². The fourth-order valence-electron chi connectivity index (χ4n) is 6.94. The van der Waals surface area contributed by atoms with Gasteiger partial charge in [0.2, 0.25) is 17.7 Å². The molecule has 0 bridgehead atoms. The highest BCUT2D eigenvalue weighted by Crippen LogP contribution is 2.64. The van der Waals surface area contributed by atoms with Gasteiger partial charge in [0.25, 0.3) is 11.8 Å². The summed E-state index contributed by atoms with van der Waals surface area (Å²) in [7, 11) is 0. The number of carbonyl (C=O) groups excluding carboxylic acids is 5. The van der Waals surface area contributed by atoms with Crippen LogP contribution in [0.3, 0.4) is 0 Å². The number of benzene rings is 1. The summed E-state index contributed by atoms with van der Waals surface area (Å²) in [5.41, 5.74) is 2.28. The van der Waals surface area contributed by atoms with Crippen molar-refractivity contribution in [2.24, 2.45) is 11.3 Å². The molecule has 1 aromatic carbocycles. The van der Waals surface area contributed by atoms with E-state index in [1.54, 1.807) is 24.4 Å². The summed E-state index contributed by atoms with van der Waals surface area (Å²) < 4.78 is 1.97. The average molecular weight is 545 g/mol. The molecule has 11 heteroatoms. The summed E-state index contributed by atoms with van der Waals surface area (Å²) in [5, 5.41) is 10.1. The first-order chi connectivity index (χ1) is 19.3. The SMILES string of the molecule is O=C1CCC(N2C(=O)c3cccc(NCc4cnn(C5CCN(C(=O)C6CCC67CC7)CC5)c4)c3C2=O)C(=O)N1. The molecule has 5 amide bonds. The number of anilines is 1. The van der Waals surface area contributed by atoms with Crippen LogP contribution in [0.5, 0.6) is 0 Å². The fourth-order valence-corrected chi connectivity index (χ4v) is 6.94. The van der Waals surface area contributed by atoms with Crippen molar-refractivity contribution in [3.8, 4) is 0 Å². The van der Waals surface area contributed by atoms with E-state index in [2.05, 4.69) is 20.6 Å². The second-order valence-electron chi connectivity index (χ2n) is 11.9. The molecule has 5 aliphatic rings. The third-order valence-electron chi connectivity index (χ3n) is 9.62. The third-order valence-corrected chi connectivity index (χ3v) is 9.62. The molecule has 40 heavy (non-hydrogen) atoms. The number of nitrogens with zero attached hydrogens (tertiary/aromatic N) is 4. The Labute approximate surface area is 231 Å². The Morgan fingerprint density at radius 3 is 2.52 bits per heavy atom. The highest BCUT2D eigenvalue weighted by molar-refractivity contribution is 6.25. The average Bonchev–Trinajstić information content (AvgIpc) is 3.59. The minimum Gasteiger partial charge on any atom is -0.380 e. The highest BCUT2D eigenvalue weighted by atomic mass is 16.2. The van der Waals surface area contributed by atoms with E-state index in [1.807, 2.05) is 10.9 Å². The van der Waals surface area contributed by atoms with Crippen molar-refractivity contribution in [3.63, 3.8) is 0 Å². The molecule has 1 aromatic heterocycles. The molecule has 2 unspecified atom stereocenters. The summed E-state index contributed by atoms with van der Waals surface area (Å²) in [5.74, 6) is -1.49. The van der Waals surface area contributed by atoms with Crippen LogP contribution in [0.15, 0.2) is 30.6 Å². The first kappa shape index (κ1) is 25.0. The van der Waals surface area contributed by atoms with Gasteiger partial charge in [0.05, 0.1) is 23.4 Å². The monoisotopic (exact) mass is 544 g/mol. The molecule has 3 aliphatic heterocycles. The van der Waals surface area contributed by atoms with E-state index in [1.165, 1.54) is 19.3 Å². The Morgan fingerprint density at radius 2 is 1.82 bits per heavy atom. The van der Waals surface area contributed by atoms with E-state index in [0.29, 0.717) is 23.6 Å². The molecule has 1 spiro atoms. The van der Waals surface area contributed by atoms with Gasteiger partial charge >= 0.3 is 0 Å². The molecule has 2 N–H and O–H groups in total. The molecule has 4 heterocycles. The number of rotatable bonds is 6. The van der Waals surface area contributed by atoms with Gasteiger partial charge in [-0.1, -0.05) is 6.07 Å². The molecule has 4 fully saturated rings. The lowest BCUT2D eigenvalue weighted by atomic mass is 9.69. The minimum absolute atomic E-state index is 0.0788. The Balaban J connectivity index is 0.981. The van der Waals surface area contributed by atoms with Crippen LogP contribution in [0.25, 0.3) is 0 Å². The number of imide groups is 2. The molecule has 2 saturated heterocycles. The van der Waals surface area contributed by atoms with Crippen molar-refractivity contribution in [1.82, 2.24) is 24.9 Å². The predicted octanol–water partition coefficient (Wildman–Crippen LogP) is 2.25. The van der Waals surface area contributed by atoms with Crippen molar-refractivity contribution < 1.29 is 24.0 Å². The lowest BCUT2D eigenvalue weighted by Crippen LogP contribution is -2.54. The van der Waals surface area contributed by atoms with Crippen LogP contribution in [0.2, 0.25) is 0 Å². The largest absolute Gasteiger partial charge is 0.380 e. The summed E-state index contributed by atoms with van der Waals surface area (Å²) >= 11 is 0. The van der Waals surface area contributed by atoms with Gasteiger partial charge < -0.3 is 10.2 Å². The van der Waals surface area contributed by atoms with Crippen molar-refractivity contribution >= 4 is 35.2 Å². The Kier molecular flexibility index (Phi) is 5.79.